The number of halogens is 1. The van der Waals surface area contributed by atoms with Crippen molar-refractivity contribution < 1.29 is 14.3 Å². The number of nitrogens with one attached hydrogen (secondary N) is 1. The molecular weight excluding hydrogens is 468 g/mol. The molecule has 2 amide bonds. The predicted molar refractivity (Wildman–Crippen MR) is 133 cm³/mol. The van der Waals surface area contributed by atoms with Gasteiger partial charge in [-0.15, -0.1) is 0 Å². The van der Waals surface area contributed by atoms with E-state index < -0.39 is 6.04 Å². The quantitative estimate of drug-likeness (QED) is 0.454. The van der Waals surface area contributed by atoms with Gasteiger partial charge in [0.15, 0.2) is 6.61 Å². The van der Waals surface area contributed by atoms with Gasteiger partial charge in [-0.1, -0.05) is 63.6 Å². The Morgan fingerprint density at radius 3 is 2.44 bits per heavy atom. The van der Waals surface area contributed by atoms with Crippen LogP contribution in [0.1, 0.15) is 50.8 Å². The lowest BCUT2D eigenvalue weighted by Crippen LogP contribution is -2.50. The van der Waals surface area contributed by atoms with Crippen LogP contribution in [0.3, 0.4) is 0 Å². The zero-order valence-corrected chi connectivity index (χ0v) is 21.4. The van der Waals surface area contributed by atoms with Crippen LogP contribution in [0, 0.1) is 12.8 Å². The van der Waals surface area contributed by atoms with Gasteiger partial charge < -0.3 is 15.0 Å². The molecule has 0 aliphatic rings. The van der Waals surface area contributed by atoms with Crippen molar-refractivity contribution in [1.82, 2.24) is 10.2 Å². The Hall–Kier alpha value is -2.34. The number of nitrogens with zero attached hydrogens (tertiary/aromatic N) is 1. The molecule has 0 heterocycles. The van der Waals surface area contributed by atoms with E-state index in [0.29, 0.717) is 31.2 Å². The van der Waals surface area contributed by atoms with Gasteiger partial charge in [0.1, 0.15) is 11.8 Å². The summed E-state index contributed by atoms with van der Waals surface area (Å²) in [5.74, 6) is 0.604. The van der Waals surface area contributed by atoms with E-state index in [-0.39, 0.29) is 18.4 Å². The van der Waals surface area contributed by atoms with Crippen LogP contribution >= 0.6 is 15.9 Å². The molecule has 0 spiro atoms. The lowest BCUT2D eigenvalue weighted by atomic mass is 10.1. The number of hydrogen-bond acceptors (Lipinski definition) is 3. The second kappa shape index (κ2) is 12.6. The Bertz CT molecular complexity index is 914. The topological polar surface area (TPSA) is 58.6 Å². The molecule has 0 saturated heterocycles. The second-order valence-electron chi connectivity index (χ2n) is 8.48. The van der Waals surface area contributed by atoms with Crippen molar-refractivity contribution in [2.24, 2.45) is 5.92 Å². The van der Waals surface area contributed by atoms with E-state index in [2.05, 4.69) is 28.2 Å². The van der Waals surface area contributed by atoms with Crippen LogP contribution in [0.15, 0.2) is 46.9 Å². The summed E-state index contributed by atoms with van der Waals surface area (Å²) in [5.41, 5.74) is 3.29. The average Bonchev–Trinajstić information content (AvgIpc) is 2.76. The number of ether oxygens (including phenoxy) is 1. The zero-order valence-electron chi connectivity index (χ0n) is 19.8. The third-order valence-electron chi connectivity index (χ3n) is 5.26. The minimum atomic E-state index is -0.559. The molecule has 0 saturated carbocycles. The van der Waals surface area contributed by atoms with E-state index in [1.165, 1.54) is 5.56 Å². The van der Waals surface area contributed by atoms with Crippen molar-refractivity contribution in [2.75, 3.05) is 13.2 Å². The summed E-state index contributed by atoms with van der Waals surface area (Å²) in [6.45, 7) is 10.9. The molecule has 0 bridgehead atoms. The summed E-state index contributed by atoms with van der Waals surface area (Å²) < 4.78 is 6.66. The molecule has 0 aromatic heterocycles. The first-order valence-corrected chi connectivity index (χ1v) is 12.1. The van der Waals surface area contributed by atoms with E-state index in [9.17, 15) is 9.59 Å². The van der Waals surface area contributed by atoms with E-state index in [4.69, 9.17) is 4.74 Å². The largest absolute Gasteiger partial charge is 0.483 e. The first-order chi connectivity index (χ1) is 15.2. The standard InChI is InChI=1S/C26H35BrN2O3/c1-6-20-11-12-24(22(27)14-20)32-17-25(30)29(16-21-10-8-9-19(5)13-21)23(7-2)26(31)28-15-18(3)4/h8-14,18,23H,6-7,15-17H2,1-5H3,(H,28,31)/t23-/m1/s1. The maximum atomic E-state index is 13.3. The zero-order chi connectivity index (χ0) is 23.7. The van der Waals surface area contributed by atoms with Crippen LogP contribution in [0.5, 0.6) is 5.75 Å². The van der Waals surface area contributed by atoms with Crippen LogP contribution in [-0.4, -0.2) is 35.9 Å². The first-order valence-electron chi connectivity index (χ1n) is 11.3. The Morgan fingerprint density at radius 2 is 1.84 bits per heavy atom. The van der Waals surface area contributed by atoms with Crippen molar-refractivity contribution in [3.8, 4) is 5.75 Å². The molecule has 2 rings (SSSR count). The van der Waals surface area contributed by atoms with Gasteiger partial charge in [0.2, 0.25) is 5.91 Å². The second-order valence-corrected chi connectivity index (χ2v) is 9.34. The van der Waals surface area contributed by atoms with Gasteiger partial charge >= 0.3 is 0 Å². The molecule has 32 heavy (non-hydrogen) atoms. The predicted octanol–water partition coefficient (Wildman–Crippen LogP) is 5.28. The minimum absolute atomic E-state index is 0.129. The Morgan fingerprint density at radius 1 is 1.09 bits per heavy atom. The normalized spacial score (nSPS) is 11.8. The summed E-state index contributed by atoms with van der Waals surface area (Å²) in [6, 6.07) is 13.3. The summed E-state index contributed by atoms with van der Waals surface area (Å²) in [4.78, 5) is 27.9. The molecule has 174 valence electrons. The Kier molecular flexibility index (Phi) is 10.2. The molecule has 0 radical (unpaired) electrons. The Balaban J connectivity index is 2.21. The molecule has 5 nitrogen and oxygen atoms in total. The molecular formula is C26H35BrN2O3. The number of benzene rings is 2. The van der Waals surface area contributed by atoms with Crippen LogP contribution in [0.2, 0.25) is 0 Å². The monoisotopic (exact) mass is 502 g/mol. The lowest BCUT2D eigenvalue weighted by molar-refractivity contribution is -0.143. The highest BCUT2D eigenvalue weighted by atomic mass is 79.9. The lowest BCUT2D eigenvalue weighted by Gasteiger charge is -2.31. The molecule has 6 heteroatoms. The third kappa shape index (κ3) is 7.66. The smallest absolute Gasteiger partial charge is 0.261 e. The number of rotatable bonds is 11. The minimum Gasteiger partial charge on any atom is -0.483 e. The number of amides is 2. The van der Waals surface area contributed by atoms with E-state index >= 15 is 0 Å². The van der Waals surface area contributed by atoms with Gasteiger partial charge in [-0.3, -0.25) is 9.59 Å². The van der Waals surface area contributed by atoms with Crippen LogP contribution < -0.4 is 10.1 Å². The molecule has 2 aromatic rings. The fourth-order valence-corrected chi connectivity index (χ4v) is 3.99. The summed E-state index contributed by atoms with van der Waals surface area (Å²) in [6.07, 6.45) is 1.45. The highest BCUT2D eigenvalue weighted by Crippen LogP contribution is 2.26. The highest BCUT2D eigenvalue weighted by molar-refractivity contribution is 9.10. The first kappa shape index (κ1) is 25.9. The van der Waals surface area contributed by atoms with Gasteiger partial charge in [-0.2, -0.15) is 0 Å². The van der Waals surface area contributed by atoms with Gasteiger partial charge in [0.25, 0.3) is 5.91 Å². The third-order valence-corrected chi connectivity index (χ3v) is 5.88. The van der Waals surface area contributed by atoms with Crippen LogP contribution in [0.25, 0.3) is 0 Å². The van der Waals surface area contributed by atoms with E-state index in [0.717, 1.165) is 22.0 Å². The van der Waals surface area contributed by atoms with Gasteiger partial charge in [0, 0.05) is 13.1 Å². The van der Waals surface area contributed by atoms with Crippen LogP contribution in [-0.2, 0) is 22.6 Å². The summed E-state index contributed by atoms with van der Waals surface area (Å²) in [7, 11) is 0. The van der Waals surface area contributed by atoms with Gasteiger partial charge in [-0.25, -0.2) is 0 Å². The summed E-state index contributed by atoms with van der Waals surface area (Å²) in [5, 5.41) is 2.98. The van der Waals surface area contributed by atoms with Crippen molar-refractivity contribution in [2.45, 2.75) is 60.0 Å². The maximum absolute atomic E-state index is 13.3. The molecule has 0 aliphatic heterocycles. The molecule has 1 N–H and O–H groups in total. The number of hydrogen-bond donors (Lipinski definition) is 1. The van der Waals surface area contributed by atoms with Crippen molar-refractivity contribution >= 4 is 27.7 Å². The number of carbonyl (C=O) groups excluding carboxylic acids is 2. The fraction of sp³-hybridized carbons (Fsp3) is 0.462. The SMILES string of the molecule is CCc1ccc(OCC(=O)N(Cc2cccc(C)c2)[C@H](CC)C(=O)NCC(C)C)c(Br)c1. The fourth-order valence-electron chi connectivity index (χ4n) is 3.45. The Labute approximate surface area is 200 Å². The molecule has 2 aromatic carbocycles. The summed E-state index contributed by atoms with van der Waals surface area (Å²) >= 11 is 3.52. The highest BCUT2D eigenvalue weighted by Gasteiger charge is 2.29. The van der Waals surface area contributed by atoms with Crippen molar-refractivity contribution in [1.29, 1.82) is 0 Å². The molecule has 1 atom stereocenters. The molecule has 0 aliphatic carbocycles. The number of aryl methyl sites for hydroxylation is 2. The maximum Gasteiger partial charge on any atom is 0.261 e. The van der Waals surface area contributed by atoms with Crippen molar-refractivity contribution in [3.05, 3.63) is 63.6 Å². The number of carbonyl (C=O) groups is 2. The van der Waals surface area contributed by atoms with Gasteiger partial charge in [0.05, 0.1) is 4.47 Å². The van der Waals surface area contributed by atoms with E-state index in [1.54, 1.807) is 4.90 Å². The molecule has 0 unspecified atom stereocenters. The molecule has 0 fully saturated rings. The van der Waals surface area contributed by atoms with E-state index in [1.807, 2.05) is 70.2 Å². The van der Waals surface area contributed by atoms with Gasteiger partial charge in [-0.05, 0) is 64.9 Å². The average molecular weight is 503 g/mol. The van der Waals surface area contributed by atoms with Crippen molar-refractivity contribution in [3.63, 3.8) is 0 Å². The van der Waals surface area contributed by atoms with Crippen LogP contribution in [0.4, 0.5) is 0 Å².